The second-order valence-electron chi connectivity index (χ2n) is 3.36. The molecule has 0 aliphatic heterocycles. The largest absolute Gasteiger partial charge is 0.417 e. The predicted octanol–water partition coefficient (Wildman–Crippen LogP) is 2.85. The van der Waals surface area contributed by atoms with E-state index in [9.17, 15) is 8.78 Å². The van der Waals surface area contributed by atoms with Gasteiger partial charge in [-0.15, -0.1) is 0 Å². The Morgan fingerprint density at radius 3 is 2.53 bits per heavy atom. The van der Waals surface area contributed by atoms with Gasteiger partial charge in [-0.3, -0.25) is 0 Å². The second kappa shape index (κ2) is 4.91. The average molecular weight is 216 g/mol. The van der Waals surface area contributed by atoms with Crippen molar-refractivity contribution in [3.05, 3.63) is 17.8 Å². The van der Waals surface area contributed by atoms with Crippen molar-refractivity contribution < 1.29 is 13.5 Å². The highest BCUT2D eigenvalue weighted by Crippen LogP contribution is 2.31. The quantitative estimate of drug-likeness (QED) is 0.840. The average Bonchev–Trinajstić information content (AvgIpc) is 2.15. The first kappa shape index (κ1) is 11.7. The molecule has 1 aromatic rings. The van der Waals surface area contributed by atoms with E-state index in [-0.39, 0.29) is 11.8 Å². The summed E-state index contributed by atoms with van der Waals surface area (Å²) in [7, 11) is 1.73. The molecule has 0 aromatic carbocycles. The lowest BCUT2D eigenvalue weighted by Gasteiger charge is -2.16. The summed E-state index contributed by atoms with van der Waals surface area (Å²) in [5, 5.41) is 2.93. The molecule has 0 fully saturated rings. The lowest BCUT2D eigenvalue weighted by molar-refractivity contribution is -0.0535. The maximum absolute atomic E-state index is 12.1. The number of nitrogens with one attached hydrogen (secondary N) is 1. The molecule has 0 amide bonds. The standard InChI is InChI=1S/C10H14F2N2O/c1-6(2)8-7(13-3)4-5-14-9(8)15-10(11)12/h4-6,10H,1-3H3,(H,13,14). The van der Waals surface area contributed by atoms with Crippen LogP contribution in [0.5, 0.6) is 5.88 Å². The Morgan fingerprint density at radius 1 is 1.40 bits per heavy atom. The molecule has 3 nitrogen and oxygen atoms in total. The topological polar surface area (TPSA) is 34.2 Å². The number of nitrogens with zero attached hydrogens (tertiary/aromatic N) is 1. The first-order valence-electron chi connectivity index (χ1n) is 4.67. The van der Waals surface area contributed by atoms with E-state index in [0.717, 1.165) is 5.69 Å². The van der Waals surface area contributed by atoms with Crippen molar-refractivity contribution in [1.29, 1.82) is 0 Å². The molecule has 0 saturated heterocycles. The summed E-state index contributed by atoms with van der Waals surface area (Å²) in [5.41, 5.74) is 1.43. The van der Waals surface area contributed by atoms with Crippen molar-refractivity contribution in [2.24, 2.45) is 0 Å². The van der Waals surface area contributed by atoms with Gasteiger partial charge in [0.1, 0.15) is 0 Å². The van der Waals surface area contributed by atoms with E-state index in [1.807, 2.05) is 13.8 Å². The summed E-state index contributed by atoms with van der Waals surface area (Å²) in [4.78, 5) is 3.81. The Labute approximate surface area is 87.5 Å². The fourth-order valence-electron chi connectivity index (χ4n) is 1.41. The zero-order valence-electron chi connectivity index (χ0n) is 8.92. The minimum absolute atomic E-state index is 0.00755. The smallest absolute Gasteiger partial charge is 0.388 e. The third kappa shape index (κ3) is 2.78. The Bertz CT molecular complexity index is 329. The van der Waals surface area contributed by atoms with Crippen molar-refractivity contribution in [3.63, 3.8) is 0 Å². The fourth-order valence-corrected chi connectivity index (χ4v) is 1.41. The Balaban J connectivity index is 3.13. The van der Waals surface area contributed by atoms with Crippen molar-refractivity contribution >= 4 is 5.69 Å². The van der Waals surface area contributed by atoms with E-state index in [2.05, 4.69) is 15.0 Å². The van der Waals surface area contributed by atoms with Gasteiger partial charge in [-0.25, -0.2) is 4.98 Å². The van der Waals surface area contributed by atoms with Crippen LogP contribution in [0.3, 0.4) is 0 Å². The van der Waals surface area contributed by atoms with Gasteiger partial charge in [0.05, 0.1) is 0 Å². The first-order valence-corrected chi connectivity index (χ1v) is 4.67. The molecule has 0 aliphatic carbocycles. The third-order valence-corrected chi connectivity index (χ3v) is 2.00. The number of hydrogen-bond donors (Lipinski definition) is 1. The zero-order chi connectivity index (χ0) is 11.4. The number of halogens is 2. The SMILES string of the molecule is CNc1ccnc(OC(F)F)c1C(C)C. The Morgan fingerprint density at radius 2 is 2.07 bits per heavy atom. The van der Waals surface area contributed by atoms with Crippen LogP contribution in [0.1, 0.15) is 25.3 Å². The van der Waals surface area contributed by atoms with Crippen LogP contribution in [0, 0.1) is 0 Å². The van der Waals surface area contributed by atoms with E-state index in [4.69, 9.17) is 0 Å². The predicted molar refractivity (Wildman–Crippen MR) is 54.5 cm³/mol. The number of hydrogen-bond acceptors (Lipinski definition) is 3. The number of anilines is 1. The van der Waals surface area contributed by atoms with Crippen molar-refractivity contribution in [3.8, 4) is 5.88 Å². The molecular weight excluding hydrogens is 202 g/mol. The number of rotatable bonds is 4. The maximum atomic E-state index is 12.1. The summed E-state index contributed by atoms with van der Waals surface area (Å²) >= 11 is 0. The van der Waals surface area contributed by atoms with Crippen LogP contribution in [0.15, 0.2) is 12.3 Å². The highest BCUT2D eigenvalue weighted by atomic mass is 19.3. The first-order chi connectivity index (χ1) is 7.06. The monoisotopic (exact) mass is 216 g/mol. The minimum atomic E-state index is -2.85. The van der Waals surface area contributed by atoms with E-state index in [0.29, 0.717) is 5.56 Å². The van der Waals surface area contributed by atoms with Gasteiger partial charge < -0.3 is 10.1 Å². The van der Waals surface area contributed by atoms with Gasteiger partial charge in [-0.1, -0.05) is 13.8 Å². The lowest BCUT2D eigenvalue weighted by Crippen LogP contribution is -2.09. The zero-order valence-corrected chi connectivity index (χ0v) is 8.92. The summed E-state index contributed by atoms with van der Waals surface area (Å²) < 4.78 is 28.6. The fraction of sp³-hybridized carbons (Fsp3) is 0.500. The lowest BCUT2D eigenvalue weighted by atomic mass is 10.0. The van der Waals surface area contributed by atoms with Crippen LogP contribution in [0.2, 0.25) is 0 Å². The Kier molecular flexibility index (Phi) is 3.82. The van der Waals surface area contributed by atoms with Crippen LogP contribution >= 0.6 is 0 Å². The molecule has 0 bridgehead atoms. The van der Waals surface area contributed by atoms with E-state index >= 15 is 0 Å². The molecule has 15 heavy (non-hydrogen) atoms. The molecule has 1 heterocycles. The van der Waals surface area contributed by atoms with Crippen LogP contribution in [-0.2, 0) is 0 Å². The van der Waals surface area contributed by atoms with Gasteiger partial charge in [-0.05, 0) is 12.0 Å². The van der Waals surface area contributed by atoms with Crippen LogP contribution in [0.25, 0.3) is 0 Å². The van der Waals surface area contributed by atoms with Gasteiger partial charge in [0.2, 0.25) is 5.88 Å². The summed E-state index contributed by atoms with van der Waals surface area (Å²) in [6.45, 7) is 0.953. The number of ether oxygens (including phenoxy) is 1. The maximum Gasteiger partial charge on any atom is 0.388 e. The highest BCUT2D eigenvalue weighted by molar-refractivity contribution is 5.55. The molecule has 1 aromatic heterocycles. The van der Waals surface area contributed by atoms with Gasteiger partial charge >= 0.3 is 6.61 Å². The van der Waals surface area contributed by atoms with Gasteiger partial charge in [0.15, 0.2) is 0 Å². The molecule has 0 atom stereocenters. The molecule has 1 N–H and O–H groups in total. The normalized spacial score (nSPS) is 10.9. The van der Waals surface area contributed by atoms with Crippen molar-refractivity contribution in [2.75, 3.05) is 12.4 Å². The summed E-state index contributed by atoms with van der Waals surface area (Å²) in [6, 6.07) is 1.73. The van der Waals surface area contributed by atoms with Gasteiger partial charge in [0, 0.05) is 24.5 Å². The van der Waals surface area contributed by atoms with Crippen LogP contribution in [0.4, 0.5) is 14.5 Å². The molecule has 0 saturated carbocycles. The summed E-state index contributed by atoms with van der Waals surface area (Å²) in [6.07, 6.45) is 1.44. The molecule has 84 valence electrons. The minimum Gasteiger partial charge on any atom is -0.417 e. The Hall–Kier alpha value is -1.39. The number of aromatic nitrogens is 1. The van der Waals surface area contributed by atoms with E-state index < -0.39 is 6.61 Å². The van der Waals surface area contributed by atoms with Crippen molar-refractivity contribution in [2.45, 2.75) is 26.4 Å². The van der Waals surface area contributed by atoms with Crippen molar-refractivity contribution in [1.82, 2.24) is 4.98 Å². The van der Waals surface area contributed by atoms with Crippen LogP contribution < -0.4 is 10.1 Å². The molecular formula is C10H14F2N2O. The third-order valence-electron chi connectivity index (χ3n) is 2.00. The molecule has 0 unspecified atom stereocenters. The van der Waals surface area contributed by atoms with E-state index in [1.54, 1.807) is 13.1 Å². The molecule has 0 aliphatic rings. The number of pyridine rings is 1. The molecule has 0 radical (unpaired) electrons. The molecule has 5 heteroatoms. The van der Waals surface area contributed by atoms with Crippen LogP contribution in [-0.4, -0.2) is 18.6 Å². The highest BCUT2D eigenvalue weighted by Gasteiger charge is 2.16. The van der Waals surface area contributed by atoms with E-state index in [1.165, 1.54) is 6.20 Å². The second-order valence-corrected chi connectivity index (χ2v) is 3.36. The number of alkyl halides is 2. The molecule has 0 spiro atoms. The van der Waals surface area contributed by atoms with Gasteiger partial charge in [0.25, 0.3) is 0 Å². The van der Waals surface area contributed by atoms with Gasteiger partial charge in [-0.2, -0.15) is 8.78 Å². The molecule has 1 rings (SSSR count). The summed E-state index contributed by atoms with van der Waals surface area (Å²) in [5.74, 6) is 0.0572.